The van der Waals surface area contributed by atoms with E-state index in [0.29, 0.717) is 5.92 Å². The van der Waals surface area contributed by atoms with Gasteiger partial charge in [0.15, 0.2) is 5.96 Å². The molecule has 17 heavy (non-hydrogen) atoms. The van der Waals surface area contributed by atoms with E-state index in [1.807, 2.05) is 6.07 Å². The van der Waals surface area contributed by atoms with Crippen LogP contribution in [0.1, 0.15) is 6.42 Å². The number of benzene rings is 1. The molecule has 0 amide bonds. The van der Waals surface area contributed by atoms with Crippen molar-refractivity contribution in [3.8, 4) is 0 Å². The Morgan fingerprint density at radius 2 is 2.29 bits per heavy atom. The fourth-order valence-electron chi connectivity index (χ4n) is 2.12. The third kappa shape index (κ3) is 3.36. The van der Waals surface area contributed by atoms with Crippen LogP contribution in [0.3, 0.4) is 0 Å². The third-order valence-electron chi connectivity index (χ3n) is 2.99. The summed E-state index contributed by atoms with van der Waals surface area (Å²) in [5.74, 6) is 0.738. The Hall–Kier alpha value is -1.23. The van der Waals surface area contributed by atoms with Gasteiger partial charge in [0.05, 0.1) is 0 Å². The van der Waals surface area contributed by atoms with Crippen LogP contribution in [0, 0.1) is 5.92 Å². The van der Waals surface area contributed by atoms with E-state index in [1.165, 1.54) is 5.69 Å². The van der Waals surface area contributed by atoms with Gasteiger partial charge in [-0.2, -0.15) is 0 Å². The van der Waals surface area contributed by atoms with Crippen molar-refractivity contribution >= 4 is 27.6 Å². The lowest BCUT2D eigenvalue weighted by molar-refractivity contribution is 0.603. The molecule has 5 heteroatoms. The molecular weight excluding hydrogens is 280 g/mol. The number of halogens is 1. The molecule has 1 saturated heterocycles. The van der Waals surface area contributed by atoms with E-state index in [1.54, 1.807) is 0 Å². The normalized spacial score (nSPS) is 19.4. The van der Waals surface area contributed by atoms with Crippen LogP contribution < -0.4 is 16.4 Å². The van der Waals surface area contributed by atoms with E-state index in [2.05, 4.69) is 44.0 Å². The highest BCUT2D eigenvalue weighted by molar-refractivity contribution is 9.10. The van der Waals surface area contributed by atoms with Gasteiger partial charge >= 0.3 is 0 Å². The second-order valence-corrected chi connectivity index (χ2v) is 5.26. The molecule has 0 aromatic heterocycles. The average Bonchev–Trinajstić information content (AvgIpc) is 2.75. The lowest BCUT2D eigenvalue weighted by atomic mass is 10.1. The first-order chi connectivity index (χ1) is 8.15. The van der Waals surface area contributed by atoms with Gasteiger partial charge in [-0.1, -0.05) is 22.0 Å². The van der Waals surface area contributed by atoms with E-state index >= 15 is 0 Å². The Morgan fingerprint density at radius 1 is 1.47 bits per heavy atom. The minimum absolute atomic E-state index is 0.186. The molecule has 1 aliphatic rings. The highest BCUT2D eigenvalue weighted by atomic mass is 79.9. The maximum absolute atomic E-state index is 5.34. The molecule has 0 bridgehead atoms. The van der Waals surface area contributed by atoms with Crippen molar-refractivity contribution in [2.24, 2.45) is 22.4 Å². The van der Waals surface area contributed by atoms with Crippen molar-refractivity contribution in [3.05, 3.63) is 28.7 Å². The predicted octanol–water partition coefficient (Wildman–Crippen LogP) is 1.55. The van der Waals surface area contributed by atoms with Gasteiger partial charge in [-0.3, -0.25) is 4.99 Å². The summed E-state index contributed by atoms with van der Waals surface area (Å²) < 4.78 is 1.11. The van der Waals surface area contributed by atoms with Gasteiger partial charge in [-0.15, -0.1) is 0 Å². The number of rotatable bonds is 3. The monoisotopic (exact) mass is 296 g/mol. The highest BCUT2D eigenvalue weighted by Crippen LogP contribution is 2.26. The molecule has 92 valence electrons. The molecule has 1 aromatic rings. The van der Waals surface area contributed by atoms with E-state index < -0.39 is 0 Å². The summed E-state index contributed by atoms with van der Waals surface area (Å²) in [5, 5.41) is 0. The van der Waals surface area contributed by atoms with Gasteiger partial charge in [0.1, 0.15) is 0 Å². The van der Waals surface area contributed by atoms with Gasteiger partial charge < -0.3 is 16.4 Å². The van der Waals surface area contributed by atoms with Crippen LogP contribution in [0.15, 0.2) is 33.7 Å². The standard InChI is InChI=1S/C12H17BrN4/c13-10-2-1-3-11(6-10)17-5-4-9(8-17)7-16-12(14)15/h1-3,6,9H,4-5,7-8H2,(H4,14,15,16). The minimum Gasteiger partial charge on any atom is -0.371 e. The summed E-state index contributed by atoms with van der Waals surface area (Å²) >= 11 is 3.49. The van der Waals surface area contributed by atoms with Crippen LogP contribution in [0.5, 0.6) is 0 Å². The largest absolute Gasteiger partial charge is 0.371 e. The summed E-state index contributed by atoms with van der Waals surface area (Å²) in [5.41, 5.74) is 11.9. The second kappa shape index (κ2) is 5.40. The van der Waals surface area contributed by atoms with Crippen molar-refractivity contribution in [1.82, 2.24) is 0 Å². The van der Waals surface area contributed by atoms with E-state index in [9.17, 15) is 0 Å². The van der Waals surface area contributed by atoms with Crippen LogP contribution in [0.4, 0.5) is 5.69 Å². The number of aliphatic imine (C=N–C) groups is 1. The summed E-state index contributed by atoms with van der Waals surface area (Å²) in [6.07, 6.45) is 1.14. The summed E-state index contributed by atoms with van der Waals surface area (Å²) in [4.78, 5) is 6.46. The molecule has 0 saturated carbocycles. The summed E-state index contributed by atoms with van der Waals surface area (Å²) in [6.45, 7) is 2.82. The summed E-state index contributed by atoms with van der Waals surface area (Å²) in [6, 6.07) is 8.37. The van der Waals surface area contributed by atoms with Gasteiger partial charge in [0.2, 0.25) is 0 Å². The van der Waals surface area contributed by atoms with Gasteiger partial charge in [-0.05, 0) is 30.5 Å². The molecule has 1 unspecified atom stereocenters. The van der Waals surface area contributed by atoms with Crippen LogP contribution in [0.25, 0.3) is 0 Å². The molecule has 0 spiro atoms. The molecule has 0 radical (unpaired) electrons. The van der Waals surface area contributed by atoms with Crippen LogP contribution >= 0.6 is 15.9 Å². The molecule has 4 nitrogen and oxygen atoms in total. The molecule has 4 N–H and O–H groups in total. The molecule has 1 atom stereocenters. The summed E-state index contributed by atoms with van der Waals surface area (Å²) in [7, 11) is 0. The molecule has 1 heterocycles. The molecule has 1 fully saturated rings. The van der Waals surface area contributed by atoms with E-state index in [-0.39, 0.29) is 5.96 Å². The van der Waals surface area contributed by atoms with Crippen molar-refractivity contribution in [2.45, 2.75) is 6.42 Å². The first-order valence-electron chi connectivity index (χ1n) is 5.71. The van der Waals surface area contributed by atoms with E-state index in [0.717, 1.165) is 30.5 Å². The Kier molecular flexibility index (Phi) is 3.89. The maximum atomic E-state index is 5.34. The molecular formula is C12H17BrN4. The average molecular weight is 297 g/mol. The molecule has 2 rings (SSSR count). The molecule has 1 aromatic carbocycles. The fraction of sp³-hybridized carbons (Fsp3) is 0.417. The lowest BCUT2D eigenvalue weighted by Gasteiger charge is -2.18. The number of nitrogens with zero attached hydrogens (tertiary/aromatic N) is 2. The number of hydrogen-bond donors (Lipinski definition) is 2. The smallest absolute Gasteiger partial charge is 0.185 e. The zero-order chi connectivity index (χ0) is 12.3. The first kappa shape index (κ1) is 12.2. The zero-order valence-electron chi connectivity index (χ0n) is 9.64. The molecule has 1 aliphatic heterocycles. The van der Waals surface area contributed by atoms with Crippen molar-refractivity contribution < 1.29 is 0 Å². The Balaban J connectivity index is 1.96. The fourth-order valence-corrected chi connectivity index (χ4v) is 2.51. The zero-order valence-corrected chi connectivity index (χ0v) is 11.2. The minimum atomic E-state index is 0.186. The maximum Gasteiger partial charge on any atom is 0.185 e. The number of guanidine groups is 1. The highest BCUT2D eigenvalue weighted by Gasteiger charge is 2.22. The number of nitrogens with two attached hydrogens (primary N) is 2. The number of anilines is 1. The Labute approximate surface area is 110 Å². The Morgan fingerprint density at radius 3 is 3.00 bits per heavy atom. The van der Waals surface area contributed by atoms with Crippen molar-refractivity contribution in [2.75, 3.05) is 24.5 Å². The SMILES string of the molecule is NC(N)=NCC1CCN(c2cccc(Br)c2)C1. The number of hydrogen-bond acceptors (Lipinski definition) is 2. The van der Waals surface area contributed by atoms with Crippen LogP contribution in [-0.2, 0) is 0 Å². The van der Waals surface area contributed by atoms with Crippen LogP contribution in [0.2, 0.25) is 0 Å². The quantitative estimate of drug-likeness (QED) is 0.657. The predicted molar refractivity (Wildman–Crippen MR) is 75.1 cm³/mol. The molecule has 0 aliphatic carbocycles. The Bertz CT molecular complexity index is 415. The second-order valence-electron chi connectivity index (χ2n) is 4.35. The van der Waals surface area contributed by atoms with Crippen molar-refractivity contribution in [3.63, 3.8) is 0 Å². The van der Waals surface area contributed by atoms with E-state index in [4.69, 9.17) is 11.5 Å². The van der Waals surface area contributed by atoms with Gasteiger partial charge in [0.25, 0.3) is 0 Å². The van der Waals surface area contributed by atoms with Crippen LogP contribution in [-0.4, -0.2) is 25.6 Å². The van der Waals surface area contributed by atoms with Gasteiger partial charge in [-0.25, -0.2) is 0 Å². The first-order valence-corrected chi connectivity index (χ1v) is 6.50. The third-order valence-corrected chi connectivity index (χ3v) is 3.48. The topological polar surface area (TPSA) is 67.6 Å². The van der Waals surface area contributed by atoms with Crippen molar-refractivity contribution in [1.29, 1.82) is 0 Å². The lowest BCUT2D eigenvalue weighted by Crippen LogP contribution is -2.25. The van der Waals surface area contributed by atoms with Gasteiger partial charge in [0, 0.05) is 29.8 Å².